The molecule has 72 heavy (non-hydrogen) atoms. The summed E-state index contributed by atoms with van der Waals surface area (Å²) in [6, 6.07) is 20.9. The number of nitrogens with zero attached hydrogens (tertiary/aromatic N) is 6. The van der Waals surface area contributed by atoms with Crippen molar-refractivity contribution in [2.45, 2.75) is 64.7 Å². The minimum atomic E-state index is -4.63. The predicted molar refractivity (Wildman–Crippen MR) is 284 cm³/mol. The normalized spacial score (nSPS) is 16.7. The molecule has 0 saturated carbocycles. The highest BCUT2D eigenvalue weighted by Gasteiger charge is 2.32. The van der Waals surface area contributed by atoms with Gasteiger partial charge in [0.25, 0.3) is 21.6 Å². The number of pyridine rings is 1. The van der Waals surface area contributed by atoms with Crippen LogP contribution in [0.5, 0.6) is 5.88 Å². The predicted octanol–water partition coefficient (Wildman–Crippen LogP) is 9.91. The van der Waals surface area contributed by atoms with E-state index in [9.17, 15) is 27.9 Å². The Morgan fingerprint density at radius 2 is 1.75 bits per heavy atom. The van der Waals surface area contributed by atoms with Gasteiger partial charge in [0.1, 0.15) is 23.3 Å². The molecule has 5 aromatic rings. The number of nitrogens with one attached hydrogen (secondary N) is 3. The molecule has 386 valence electrons. The van der Waals surface area contributed by atoms with Gasteiger partial charge in [0.05, 0.1) is 40.9 Å². The standard InChI is InChI=1S/C51H65ClN9O9PS/c1-6-69-71(65,70-7-2)35-57(5)23-8-21-53-44-17-15-41(32-46(44)61(63)64)72(66,67)56-49(62)42-16-14-40(31-45(42)60-24-9-29-68-50-47(60)30-37-19-22-54-48(37)55-50)59-27-25-58(26-28-59)34-38-18-20-51(3,4)33-43(38)36-10-12-39(52)13-11-36/h10-17,19,22,30-32,53H,6-9,18,20-21,23-29,33-35H2,1-5H3,(H,54,55)(H,56,62). The smallest absolute Gasteiger partial charge is 0.344 e. The SMILES string of the molecule is CCOP(=O)(CN(C)CCCNc1ccc(S(=O)(=O)NC(=O)c2ccc(N3CCN(CC4=C(c5ccc(Cl)cc5)CC(C)(C)CC4)CC3)cc2N2CCCOc3nc4[nH]ccc4cc32)cc1[N+](=O)[O-])OCC. The second-order valence-corrected chi connectivity index (χ2v) is 23.4. The first kappa shape index (κ1) is 52.8. The summed E-state index contributed by atoms with van der Waals surface area (Å²) >= 11 is 6.28. The van der Waals surface area contributed by atoms with Gasteiger partial charge >= 0.3 is 7.60 Å². The third-order valence-electron chi connectivity index (χ3n) is 13.4. The number of fused-ring (bicyclic) bond motifs is 2. The second-order valence-electron chi connectivity index (χ2n) is 19.3. The van der Waals surface area contributed by atoms with Crippen LogP contribution in [0.15, 0.2) is 89.5 Å². The van der Waals surface area contributed by atoms with Gasteiger partial charge in [0.15, 0.2) is 0 Å². The first-order valence-corrected chi connectivity index (χ1v) is 28.2. The Kier molecular flexibility index (Phi) is 16.6. The molecule has 1 aliphatic carbocycles. The summed E-state index contributed by atoms with van der Waals surface area (Å²) in [6.45, 7) is 14.2. The van der Waals surface area contributed by atoms with Crippen molar-refractivity contribution in [3.63, 3.8) is 0 Å². The zero-order chi connectivity index (χ0) is 51.2. The van der Waals surface area contributed by atoms with Crippen LogP contribution in [0.2, 0.25) is 5.02 Å². The first-order chi connectivity index (χ1) is 34.4. The third-order valence-corrected chi connectivity index (χ3v) is 17.1. The molecule has 21 heteroatoms. The number of nitro groups is 1. The molecule has 4 heterocycles. The molecular weight excluding hydrogens is 981 g/mol. The first-order valence-electron chi connectivity index (χ1n) is 24.6. The van der Waals surface area contributed by atoms with Gasteiger partial charge in [0, 0.05) is 80.7 Å². The van der Waals surface area contributed by atoms with Crippen LogP contribution in [0.25, 0.3) is 16.6 Å². The van der Waals surface area contributed by atoms with E-state index in [1.807, 2.05) is 41.3 Å². The van der Waals surface area contributed by atoms with Crippen molar-refractivity contribution in [3.8, 4) is 5.88 Å². The summed E-state index contributed by atoms with van der Waals surface area (Å²) in [6.07, 6.45) is 6.13. The number of sulfonamides is 1. The lowest BCUT2D eigenvalue weighted by atomic mass is 9.72. The van der Waals surface area contributed by atoms with Crippen LogP contribution in [0.3, 0.4) is 0 Å². The lowest BCUT2D eigenvalue weighted by Gasteiger charge is -2.39. The zero-order valence-corrected chi connectivity index (χ0v) is 44.1. The Labute approximate surface area is 426 Å². The van der Waals surface area contributed by atoms with Crippen molar-refractivity contribution in [1.29, 1.82) is 0 Å². The average Bonchev–Trinajstić information content (AvgIpc) is 3.71. The van der Waals surface area contributed by atoms with Gasteiger partial charge in [-0.05, 0) is 124 Å². The van der Waals surface area contributed by atoms with Gasteiger partial charge in [-0.1, -0.05) is 43.2 Å². The van der Waals surface area contributed by atoms with Crippen LogP contribution in [-0.2, 0) is 23.6 Å². The van der Waals surface area contributed by atoms with Gasteiger partial charge in [-0.15, -0.1) is 0 Å². The highest BCUT2D eigenvalue weighted by molar-refractivity contribution is 7.90. The summed E-state index contributed by atoms with van der Waals surface area (Å²) < 4.78 is 60.2. The van der Waals surface area contributed by atoms with Crippen LogP contribution in [0.4, 0.5) is 28.4 Å². The second kappa shape index (κ2) is 22.7. The molecule has 3 N–H and O–H groups in total. The molecule has 0 spiro atoms. The largest absolute Gasteiger partial charge is 0.476 e. The van der Waals surface area contributed by atoms with E-state index < -0.39 is 39.0 Å². The molecule has 1 saturated heterocycles. The van der Waals surface area contributed by atoms with E-state index in [2.05, 4.69) is 50.8 Å². The Hall–Kier alpha value is -5.53. The maximum absolute atomic E-state index is 14.5. The lowest BCUT2D eigenvalue weighted by molar-refractivity contribution is -0.384. The van der Waals surface area contributed by atoms with Gasteiger partial charge in [-0.25, -0.2) is 13.1 Å². The number of benzene rings is 3. The Morgan fingerprint density at radius 3 is 2.47 bits per heavy atom. The number of halogens is 1. The third kappa shape index (κ3) is 12.6. The van der Waals surface area contributed by atoms with Crippen LogP contribution in [0.1, 0.15) is 75.7 Å². The molecule has 0 bridgehead atoms. The zero-order valence-electron chi connectivity index (χ0n) is 41.6. The molecule has 1 amide bonds. The molecule has 2 aromatic heterocycles. The number of H-pyrrole nitrogens is 1. The number of allylic oxidation sites excluding steroid dienone is 1. The molecule has 0 atom stereocenters. The number of nitro benzene ring substituents is 1. The molecule has 8 rings (SSSR count). The number of piperazine rings is 1. The lowest BCUT2D eigenvalue weighted by Crippen LogP contribution is -2.47. The van der Waals surface area contributed by atoms with Crippen LogP contribution in [0, 0.1) is 15.5 Å². The fourth-order valence-corrected chi connectivity index (χ4v) is 12.6. The van der Waals surface area contributed by atoms with E-state index in [-0.39, 0.29) is 42.7 Å². The highest BCUT2D eigenvalue weighted by atomic mass is 35.5. The number of anilines is 4. The van der Waals surface area contributed by atoms with Crippen molar-refractivity contribution in [2.75, 3.05) is 101 Å². The molecule has 2 aliphatic heterocycles. The monoisotopic (exact) mass is 1050 g/mol. The summed E-state index contributed by atoms with van der Waals surface area (Å²) in [5.74, 6) is -0.530. The summed E-state index contributed by atoms with van der Waals surface area (Å²) in [5.41, 5.74) is 6.62. The van der Waals surface area contributed by atoms with E-state index >= 15 is 0 Å². The fourth-order valence-electron chi connectivity index (χ4n) is 9.71. The van der Waals surface area contributed by atoms with Crippen molar-refractivity contribution in [1.82, 2.24) is 24.5 Å². The fraction of sp³-hybridized carbons (Fsp3) is 0.451. The number of ether oxygens (including phenoxy) is 1. The van der Waals surface area contributed by atoms with E-state index in [1.165, 1.54) is 28.8 Å². The van der Waals surface area contributed by atoms with Gasteiger partial charge in [-0.2, -0.15) is 4.98 Å². The summed E-state index contributed by atoms with van der Waals surface area (Å²) in [4.78, 5) is 42.1. The summed E-state index contributed by atoms with van der Waals surface area (Å²) in [7, 11) is -6.16. The molecule has 1 fully saturated rings. The Balaban J connectivity index is 1.01. The van der Waals surface area contributed by atoms with Crippen molar-refractivity contribution < 1.29 is 36.5 Å². The average molecular weight is 1050 g/mol. The van der Waals surface area contributed by atoms with E-state index in [1.54, 1.807) is 38.1 Å². The van der Waals surface area contributed by atoms with Crippen LogP contribution in [-0.4, -0.2) is 125 Å². The van der Waals surface area contributed by atoms with Crippen molar-refractivity contribution in [2.24, 2.45) is 5.41 Å². The quantitative estimate of drug-likeness (QED) is 0.0287. The highest BCUT2D eigenvalue weighted by Crippen LogP contribution is 2.48. The van der Waals surface area contributed by atoms with E-state index in [0.717, 1.165) is 74.1 Å². The molecular formula is C51H65ClN9O9PS. The minimum absolute atomic E-state index is 0.0793. The van der Waals surface area contributed by atoms with Gasteiger partial charge in [-0.3, -0.25) is 29.3 Å². The van der Waals surface area contributed by atoms with Crippen molar-refractivity contribution in [3.05, 3.63) is 111 Å². The van der Waals surface area contributed by atoms with Crippen molar-refractivity contribution >= 4 is 80.2 Å². The number of amides is 1. The number of aromatic amines is 1. The van der Waals surface area contributed by atoms with Gasteiger partial charge in [0.2, 0.25) is 5.88 Å². The van der Waals surface area contributed by atoms with Gasteiger partial charge < -0.3 is 33.9 Å². The molecule has 0 unspecified atom stereocenters. The number of aromatic nitrogens is 2. The number of rotatable bonds is 20. The Bertz CT molecular complexity index is 2950. The van der Waals surface area contributed by atoms with E-state index in [4.69, 9.17) is 30.4 Å². The topological polar surface area (TPSA) is 205 Å². The molecule has 3 aromatic carbocycles. The van der Waals surface area contributed by atoms with Crippen LogP contribution < -0.4 is 24.6 Å². The molecule has 18 nitrogen and oxygen atoms in total. The minimum Gasteiger partial charge on any atom is -0.476 e. The molecule has 3 aliphatic rings. The number of carbonyl (C=O) groups excluding carboxylic acids is 1. The van der Waals surface area contributed by atoms with Crippen LogP contribution >= 0.6 is 19.2 Å². The van der Waals surface area contributed by atoms with E-state index in [0.29, 0.717) is 55.4 Å². The Morgan fingerprint density at radius 1 is 1.00 bits per heavy atom. The molecule has 0 radical (unpaired) electrons. The maximum atomic E-state index is 14.5. The number of carbonyl (C=O) groups is 1. The maximum Gasteiger partial charge on any atom is 0.344 e. The summed E-state index contributed by atoms with van der Waals surface area (Å²) in [5, 5.41) is 16.9. The number of hydrogen-bond donors (Lipinski definition) is 3. The number of hydrogen-bond acceptors (Lipinski definition) is 15.